The van der Waals surface area contributed by atoms with Gasteiger partial charge in [-0.2, -0.15) is 10.2 Å². The summed E-state index contributed by atoms with van der Waals surface area (Å²) in [5, 5.41) is 12.8. The van der Waals surface area contributed by atoms with Crippen molar-refractivity contribution >= 4 is 11.5 Å². The molecule has 0 unspecified atom stereocenters. The molecule has 13 heteroatoms. The van der Waals surface area contributed by atoms with Crippen LogP contribution in [0.3, 0.4) is 0 Å². The third-order valence-corrected chi connectivity index (χ3v) is 7.22. The van der Waals surface area contributed by atoms with Gasteiger partial charge in [0.2, 0.25) is 0 Å². The van der Waals surface area contributed by atoms with Crippen molar-refractivity contribution in [3.8, 4) is 45.4 Å². The van der Waals surface area contributed by atoms with Gasteiger partial charge in [-0.25, -0.2) is 19.3 Å². The summed E-state index contributed by atoms with van der Waals surface area (Å²) in [5.74, 6) is 1.29. The molecule has 0 saturated heterocycles. The maximum atomic E-state index is 11.9. The highest BCUT2D eigenvalue weighted by Gasteiger charge is 2.22. The smallest absolute Gasteiger partial charge is 0.188 e. The van der Waals surface area contributed by atoms with Crippen molar-refractivity contribution in [3.05, 3.63) is 109 Å². The number of hydrogen-bond acceptors (Lipinski definition) is 11. The maximum Gasteiger partial charge on any atom is 0.188 e. The van der Waals surface area contributed by atoms with Crippen LogP contribution < -0.4 is 9.47 Å². The van der Waals surface area contributed by atoms with E-state index in [4.69, 9.17) is 14.3 Å². The summed E-state index contributed by atoms with van der Waals surface area (Å²) in [7, 11) is 1.53. The molecule has 0 saturated carbocycles. The third-order valence-electron chi connectivity index (χ3n) is 7.22. The minimum Gasteiger partial charge on any atom is -0.491 e. The Bertz CT molecular complexity index is 2020. The van der Waals surface area contributed by atoms with Gasteiger partial charge in [-0.05, 0) is 48.5 Å². The Hall–Kier alpha value is -6.24. The van der Waals surface area contributed by atoms with E-state index < -0.39 is 0 Å². The minimum atomic E-state index is 0.0164. The first kappa shape index (κ1) is 28.5. The first-order valence-electron chi connectivity index (χ1n) is 14.5. The van der Waals surface area contributed by atoms with Gasteiger partial charge < -0.3 is 14.3 Å². The number of nitrogens with zero attached hydrogens (tertiary/aromatic N) is 9. The van der Waals surface area contributed by atoms with Crippen LogP contribution in [0, 0.1) is 0 Å². The predicted molar refractivity (Wildman–Crippen MR) is 167 cm³/mol. The number of oxime groups is 1. The summed E-state index contributed by atoms with van der Waals surface area (Å²) >= 11 is 0. The van der Waals surface area contributed by atoms with Crippen LogP contribution >= 0.6 is 0 Å². The van der Waals surface area contributed by atoms with Gasteiger partial charge in [0, 0.05) is 48.8 Å². The number of ketones is 1. The highest BCUT2D eigenvalue weighted by Crippen LogP contribution is 2.29. The normalized spacial score (nSPS) is 14.3. The fourth-order valence-corrected chi connectivity index (χ4v) is 4.97. The molecular formula is C33H27N9O4. The molecule has 6 aromatic heterocycles. The van der Waals surface area contributed by atoms with E-state index in [0.717, 1.165) is 45.4 Å². The van der Waals surface area contributed by atoms with Crippen molar-refractivity contribution in [1.29, 1.82) is 0 Å². The number of Topliss-reactive ketones (excluding diaryl/α,β-unsaturated/α-hetero) is 1. The molecule has 0 atom stereocenters. The van der Waals surface area contributed by atoms with Gasteiger partial charge in [0.1, 0.15) is 35.7 Å². The number of aromatic nitrogens is 8. The molecule has 0 fully saturated rings. The molecule has 13 nitrogen and oxygen atoms in total. The Morgan fingerprint density at radius 1 is 0.717 bits per heavy atom. The minimum absolute atomic E-state index is 0.0164. The number of ether oxygens (including phenoxy) is 2. The average Bonchev–Trinajstić information content (AvgIpc) is 3.81. The molecule has 46 heavy (non-hydrogen) atoms. The SMILES string of the molecule is CO/N=C1\CCOc2ccc(-c3cnn(-c4cccnc4)c3)nc21.O=C1CCOc2ccc(-c3cnn(-c4cccnc4)c3)nc21. The molecule has 6 aromatic rings. The van der Waals surface area contributed by atoms with Crippen LogP contribution in [0.1, 0.15) is 29.0 Å². The van der Waals surface area contributed by atoms with Crippen LogP contribution in [0.5, 0.6) is 11.5 Å². The molecular weight excluding hydrogens is 586 g/mol. The van der Waals surface area contributed by atoms with E-state index in [1.807, 2.05) is 54.9 Å². The number of carbonyl (C=O) groups excluding carboxylic acids is 1. The van der Waals surface area contributed by atoms with Gasteiger partial charge >= 0.3 is 0 Å². The highest BCUT2D eigenvalue weighted by atomic mass is 16.6. The van der Waals surface area contributed by atoms with Crippen LogP contribution in [-0.4, -0.2) is 71.3 Å². The molecule has 0 bridgehead atoms. The quantitative estimate of drug-likeness (QED) is 0.250. The number of fused-ring (bicyclic) bond motifs is 2. The molecule has 2 aliphatic heterocycles. The Balaban J connectivity index is 0.000000147. The summed E-state index contributed by atoms with van der Waals surface area (Å²) < 4.78 is 14.6. The summed E-state index contributed by atoms with van der Waals surface area (Å²) in [6.45, 7) is 1.00. The van der Waals surface area contributed by atoms with E-state index in [0.29, 0.717) is 43.2 Å². The Kier molecular flexibility index (Phi) is 7.93. The fraction of sp³-hybridized carbons (Fsp3) is 0.152. The van der Waals surface area contributed by atoms with Crippen LogP contribution in [0.25, 0.3) is 33.9 Å². The second-order valence-corrected chi connectivity index (χ2v) is 10.2. The topological polar surface area (TPSA) is 144 Å². The molecule has 8 rings (SSSR count). The van der Waals surface area contributed by atoms with Gasteiger partial charge in [0.25, 0.3) is 0 Å². The molecule has 2 aliphatic rings. The van der Waals surface area contributed by atoms with Crippen molar-refractivity contribution in [2.75, 3.05) is 20.3 Å². The monoisotopic (exact) mass is 613 g/mol. The summed E-state index contributed by atoms with van der Waals surface area (Å²) in [4.78, 5) is 34.1. The average molecular weight is 614 g/mol. The zero-order valence-corrected chi connectivity index (χ0v) is 24.7. The zero-order valence-electron chi connectivity index (χ0n) is 24.7. The lowest BCUT2D eigenvalue weighted by molar-refractivity contribution is 0.0927. The standard InChI is InChI=1S/C17H15N5O2.C16H12N4O2/c1-23-21-15-6-8-24-16-5-4-14(20-17(15)16)12-9-19-22(11-12)13-3-2-7-18-10-13;21-14-5-7-22-15-4-3-13(19-16(14)15)11-8-18-20(10-11)12-2-1-6-17-9-12/h2-5,7,9-11H,6,8H2,1H3;1-4,6,8-10H,5,7H2/b21-15+;. The summed E-state index contributed by atoms with van der Waals surface area (Å²) in [5.41, 5.74) is 6.92. The van der Waals surface area contributed by atoms with Gasteiger partial charge in [0.15, 0.2) is 5.78 Å². The number of rotatable bonds is 5. The molecule has 0 radical (unpaired) electrons. The highest BCUT2D eigenvalue weighted by molar-refractivity contribution is 6.02. The van der Waals surface area contributed by atoms with Crippen LogP contribution in [-0.2, 0) is 4.84 Å². The second kappa shape index (κ2) is 12.8. The predicted octanol–water partition coefficient (Wildman–Crippen LogP) is 4.76. The maximum absolute atomic E-state index is 11.9. The number of pyridine rings is 4. The lowest BCUT2D eigenvalue weighted by atomic mass is 10.1. The third kappa shape index (κ3) is 5.93. The van der Waals surface area contributed by atoms with Crippen LogP contribution in [0.4, 0.5) is 0 Å². The van der Waals surface area contributed by atoms with E-state index in [-0.39, 0.29) is 5.78 Å². The van der Waals surface area contributed by atoms with Crippen molar-refractivity contribution < 1.29 is 19.1 Å². The lowest BCUT2D eigenvalue weighted by Gasteiger charge is -2.18. The van der Waals surface area contributed by atoms with Crippen molar-refractivity contribution in [3.63, 3.8) is 0 Å². The van der Waals surface area contributed by atoms with Crippen LogP contribution in [0.15, 0.2) is 103 Å². The molecule has 0 N–H and O–H groups in total. The van der Waals surface area contributed by atoms with E-state index in [1.54, 1.807) is 52.6 Å². The van der Waals surface area contributed by atoms with E-state index in [2.05, 4.69) is 35.3 Å². The van der Waals surface area contributed by atoms with Crippen molar-refractivity contribution in [1.82, 2.24) is 39.5 Å². The molecule has 0 aromatic carbocycles. The summed E-state index contributed by atoms with van der Waals surface area (Å²) in [6.07, 6.45) is 15.3. The zero-order chi connectivity index (χ0) is 31.3. The van der Waals surface area contributed by atoms with Gasteiger partial charge in [-0.3, -0.25) is 14.8 Å². The Morgan fingerprint density at radius 2 is 1.28 bits per heavy atom. The molecule has 0 aliphatic carbocycles. The number of carbonyl (C=O) groups is 1. The van der Waals surface area contributed by atoms with E-state index in [9.17, 15) is 4.79 Å². The fourth-order valence-electron chi connectivity index (χ4n) is 4.97. The Labute approximate surface area is 263 Å². The largest absolute Gasteiger partial charge is 0.491 e. The molecule has 8 heterocycles. The summed E-state index contributed by atoms with van der Waals surface area (Å²) in [6, 6.07) is 15.0. The van der Waals surface area contributed by atoms with Crippen LogP contribution in [0.2, 0.25) is 0 Å². The molecule has 228 valence electrons. The number of hydrogen-bond donors (Lipinski definition) is 0. The molecule has 0 amide bonds. The van der Waals surface area contributed by atoms with Gasteiger partial charge in [-0.1, -0.05) is 5.16 Å². The van der Waals surface area contributed by atoms with Crippen molar-refractivity contribution in [2.45, 2.75) is 12.8 Å². The first-order valence-corrected chi connectivity index (χ1v) is 14.5. The van der Waals surface area contributed by atoms with Crippen molar-refractivity contribution in [2.24, 2.45) is 5.16 Å². The lowest BCUT2D eigenvalue weighted by Crippen LogP contribution is -2.18. The second-order valence-electron chi connectivity index (χ2n) is 10.2. The Morgan fingerprint density at radius 3 is 1.85 bits per heavy atom. The van der Waals surface area contributed by atoms with E-state index >= 15 is 0 Å². The first-order chi connectivity index (χ1) is 22.7. The van der Waals surface area contributed by atoms with E-state index in [1.165, 1.54) is 7.11 Å². The van der Waals surface area contributed by atoms with Gasteiger partial charge in [0.05, 0.1) is 60.8 Å². The van der Waals surface area contributed by atoms with Gasteiger partial charge in [-0.15, -0.1) is 0 Å². The molecule has 0 spiro atoms.